The van der Waals surface area contributed by atoms with Gasteiger partial charge < -0.3 is 18.9 Å². The molecule has 21 heteroatoms. The van der Waals surface area contributed by atoms with E-state index in [2.05, 4.69) is 14.2 Å². The molecule has 2 heterocycles. The Labute approximate surface area is 225 Å². The Kier molecular flexibility index (Phi) is 9.84. The SMILES string of the molecule is CC1OC(OCCCOC2(C)CCCC(C(F)(C(F)(F)F)C(F)(F)F)O2)(C(F)(C(F)(F)F)C(F)(F)F)CC1C(F)(F)F. The lowest BCUT2D eigenvalue weighted by Gasteiger charge is -2.44. The van der Waals surface area contributed by atoms with E-state index in [4.69, 9.17) is 4.74 Å². The Morgan fingerprint density at radius 2 is 1.17 bits per heavy atom. The van der Waals surface area contributed by atoms with Crippen molar-refractivity contribution in [2.24, 2.45) is 5.92 Å². The summed E-state index contributed by atoms with van der Waals surface area (Å²) in [6.45, 7) is -1.22. The molecular weight excluding hydrogens is 639 g/mol. The summed E-state index contributed by atoms with van der Waals surface area (Å²) in [6.07, 6.45) is -43.1. The Morgan fingerprint density at radius 3 is 1.57 bits per heavy atom. The molecule has 2 fully saturated rings. The van der Waals surface area contributed by atoms with Gasteiger partial charge in [0.05, 0.1) is 25.2 Å². The Hall–Kier alpha value is -1.35. The number of hydrogen-bond donors (Lipinski definition) is 0. The van der Waals surface area contributed by atoms with E-state index in [0.29, 0.717) is 6.92 Å². The van der Waals surface area contributed by atoms with Crippen LogP contribution in [0.1, 0.15) is 46.0 Å². The fraction of sp³-hybridized carbons (Fsp3) is 1.00. The quantitative estimate of drug-likeness (QED) is 0.195. The molecule has 0 saturated carbocycles. The highest BCUT2D eigenvalue weighted by atomic mass is 19.4. The minimum Gasteiger partial charge on any atom is -0.350 e. The van der Waals surface area contributed by atoms with Crippen molar-refractivity contribution < 1.29 is 93.6 Å². The summed E-state index contributed by atoms with van der Waals surface area (Å²) in [5, 5.41) is 0. The first-order chi connectivity index (χ1) is 18.5. The third kappa shape index (κ3) is 6.52. The van der Waals surface area contributed by atoms with E-state index in [0.717, 1.165) is 6.92 Å². The molecule has 5 atom stereocenters. The molecule has 2 saturated heterocycles. The van der Waals surface area contributed by atoms with Gasteiger partial charge in [-0.15, -0.1) is 0 Å². The maximum atomic E-state index is 15.0. The smallest absolute Gasteiger partial charge is 0.350 e. The van der Waals surface area contributed by atoms with Crippen molar-refractivity contribution in [1.29, 1.82) is 0 Å². The molecule has 5 unspecified atom stereocenters. The maximum Gasteiger partial charge on any atom is 0.437 e. The van der Waals surface area contributed by atoms with Gasteiger partial charge in [-0.25, -0.2) is 8.78 Å². The van der Waals surface area contributed by atoms with Crippen LogP contribution in [0.5, 0.6) is 0 Å². The van der Waals surface area contributed by atoms with Gasteiger partial charge in [-0.05, 0) is 33.1 Å². The van der Waals surface area contributed by atoms with Crippen molar-refractivity contribution >= 4 is 0 Å². The van der Waals surface area contributed by atoms with E-state index in [-0.39, 0.29) is 0 Å². The molecule has 0 aromatic heterocycles. The lowest BCUT2D eigenvalue weighted by atomic mass is 9.86. The molecule has 2 aliphatic rings. The standard InChI is InChI=1S/C21H23F17O4/c1-10-11(16(23,24)25)9-14(41-10,17(26,20(33,34)35)21(36,37)38)40-8-4-7-39-13(2)6-3-5-12(42-13)15(22,18(27,28)29)19(30,31)32/h10-12H,3-9H2,1-2H3. The van der Waals surface area contributed by atoms with Crippen LogP contribution in [0.4, 0.5) is 74.6 Å². The fourth-order valence-electron chi connectivity index (χ4n) is 4.80. The molecule has 0 N–H and O–H groups in total. The second-order valence-electron chi connectivity index (χ2n) is 9.97. The fourth-order valence-corrected chi connectivity index (χ4v) is 4.80. The Balaban J connectivity index is 2.22. The summed E-state index contributed by atoms with van der Waals surface area (Å²) >= 11 is 0. The van der Waals surface area contributed by atoms with Crippen LogP contribution < -0.4 is 0 Å². The zero-order chi connectivity index (χ0) is 33.0. The van der Waals surface area contributed by atoms with Crippen LogP contribution in [0.25, 0.3) is 0 Å². The third-order valence-corrected chi connectivity index (χ3v) is 6.95. The van der Waals surface area contributed by atoms with Crippen LogP contribution in [0, 0.1) is 5.92 Å². The Morgan fingerprint density at radius 1 is 0.690 bits per heavy atom. The van der Waals surface area contributed by atoms with Crippen LogP contribution in [0.15, 0.2) is 0 Å². The molecule has 0 amide bonds. The zero-order valence-corrected chi connectivity index (χ0v) is 21.2. The van der Waals surface area contributed by atoms with Crippen molar-refractivity contribution in [3.63, 3.8) is 0 Å². The summed E-state index contributed by atoms with van der Waals surface area (Å²) < 4.78 is 246. The van der Waals surface area contributed by atoms with Gasteiger partial charge in [-0.1, -0.05) is 0 Å². The van der Waals surface area contributed by atoms with E-state index in [1.165, 1.54) is 0 Å². The predicted octanol–water partition coefficient (Wildman–Crippen LogP) is 8.04. The summed E-state index contributed by atoms with van der Waals surface area (Å²) in [5.41, 5.74) is -12.3. The predicted molar refractivity (Wildman–Crippen MR) is 103 cm³/mol. The minimum atomic E-state index is -6.91. The molecule has 2 aliphatic heterocycles. The number of alkyl halides is 17. The molecule has 0 aliphatic carbocycles. The van der Waals surface area contributed by atoms with Gasteiger partial charge in [0, 0.05) is 12.8 Å². The largest absolute Gasteiger partial charge is 0.437 e. The lowest BCUT2D eigenvalue weighted by Crippen LogP contribution is -2.69. The van der Waals surface area contributed by atoms with Crippen molar-refractivity contribution in [1.82, 2.24) is 0 Å². The Bertz CT molecular complexity index is 896. The second kappa shape index (κ2) is 11.2. The average molecular weight is 662 g/mol. The molecule has 0 radical (unpaired) electrons. The lowest BCUT2D eigenvalue weighted by molar-refractivity contribution is -0.436. The first-order valence-corrected chi connectivity index (χ1v) is 11.8. The van der Waals surface area contributed by atoms with Gasteiger partial charge in [-0.3, -0.25) is 0 Å². The first kappa shape index (κ1) is 36.8. The van der Waals surface area contributed by atoms with Crippen LogP contribution >= 0.6 is 0 Å². The van der Waals surface area contributed by atoms with Crippen molar-refractivity contribution in [3.8, 4) is 0 Å². The van der Waals surface area contributed by atoms with Crippen LogP contribution in [0.3, 0.4) is 0 Å². The van der Waals surface area contributed by atoms with E-state index in [1.807, 2.05) is 0 Å². The van der Waals surface area contributed by atoms with Gasteiger partial charge in [0.1, 0.15) is 6.10 Å². The highest BCUT2D eigenvalue weighted by Crippen LogP contribution is 2.60. The van der Waals surface area contributed by atoms with E-state index >= 15 is 0 Å². The van der Waals surface area contributed by atoms with Crippen LogP contribution in [-0.4, -0.2) is 79.2 Å². The highest BCUT2D eigenvalue weighted by Gasteiger charge is 2.86. The highest BCUT2D eigenvalue weighted by molar-refractivity contribution is 5.11. The molecule has 0 aromatic rings. The van der Waals surface area contributed by atoms with Crippen LogP contribution in [-0.2, 0) is 18.9 Å². The average Bonchev–Trinajstić information content (AvgIpc) is 3.12. The first-order valence-electron chi connectivity index (χ1n) is 11.8. The molecule has 0 spiro atoms. The molecule has 0 bridgehead atoms. The van der Waals surface area contributed by atoms with Gasteiger partial charge >= 0.3 is 42.2 Å². The minimum absolute atomic E-state index is 0.435. The van der Waals surface area contributed by atoms with E-state index in [9.17, 15) is 74.6 Å². The van der Waals surface area contributed by atoms with E-state index in [1.54, 1.807) is 0 Å². The third-order valence-electron chi connectivity index (χ3n) is 6.95. The van der Waals surface area contributed by atoms with Gasteiger partial charge in [0.25, 0.3) is 0 Å². The maximum absolute atomic E-state index is 15.0. The second-order valence-corrected chi connectivity index (χ2v) is 9.97. The number of hydrogen-bond acceptors (Lipinski definition) is 4. The van der Waals surface area contributed by atoms with Crippen molar-refractivity contribution in [2.45, 2.75) is 112 Å². The molecular formula is C21H23F17O4. The molecule has 4 nitrogen and oxygen atoms in total. The van der Waals surface area contributed by atoms with Gasteiger partial charge in [0.2, 0.25) is 5.79 Å². The number of ether oxygens (including phenoxy) is 4. The zero-order valence-electron chi connectivity index (χ0n) is 21.2. The molecule has 42 heavy (non-hydrogen) atoms. The topological polar surface area (TPSA) is 36.9 Å². The molecule has 2 rings (SSSR count). The number of halogens is 17. The normalized spacial score (nSPS) is 31.1. The summed E-state index contributed by atoms with van der Waals surface area (Å²) in [7, 11) is 0. The summed E-state index contributed by atoms with van der Waals surface area (Å²) in [4.78, 5) is 0. The van der Waals surface area contributed by atoms with Crippen LogP contribution in [0.2, 0.25) is 0 Å². The van der Waals surface area contributed by atoms with Gasteiger partial charge in [0.15, 0.2) is 5.79 Å². The summed E-state index contributed by atoms with van der Waals surface area (Å²) in [5.74, 6) is -10.0. The summed E-state index contributed by atoms with van der Waals surface area (Å²) in [6, 6.07) is 0. The van der Waals surface area contributed by atoms with Crippen molar-refractivity contribution in [2.75, 3.05) is 13.2 Å². The molecule has 0 aromatic carbocycles. The monoisotopic (exact) mass is 662 g/mol. The van der Waals surface area contributed by atoms with Gasteiger partial charge in [-0.2, -0.15) is 65.9 Å². The molecule has 250 valence electrons. The number of rotatable bonds is 8. The van der Waals surface area contributed by atoms with Crippen molar-refractivity contribution in [3.05, 3.63) is 0 Å². The van der Waals surface area contributed by atoms with E-state index < -0.39 is 117 Å².